The molecular weight excluding hydrogens is 465 g/mol. The highest BCUT2D eigenvalue weighted by Crippen LogP contribution is 2.32. The Morgan fingerprint density at radius 1 is 1.21 bits per heavy atom. The van der Waals surface area contributed by atoms with E-state index in [1.54, 1.807) is 27.5 Å². The smallest absolute Gasteiger partial charge is 0.405 e. The lowest BCUT2D eigenvalue weighted by atomic mass is 10.3. The van der Waals surface area contributed by atoms with E-state index in [2.05, 4.69) is 41.1 Å². The Morgan fingerprint density at radius 2 is 2.04 bits per heavy atom. The van der Waals surface area contributed by atoms with Crippen molar-refractivity contribution in [2.45, 2.75) is 6.36 Å². The summed E-state index contributed by atoms with van der Waals surface area (Å²) in [6.07, 6.45) is 0.127. The van der Waals surface area contributed by atoms with E-state index in [0.29, 0.717) is 22.8 Å². The number of anilines is 2. The van der Waals surface area contributed by atoms with Crippen molar-refractivity contribution in [3.63, 3.8) is 0 Å². The monoisotopic (exact) mass is 472 g/mol. The fourth-order valence-corrected chi connectivity index (χ4v) is 3.12. The molecule has 0 aliphatic rings. The molecule has 28 heavy (non-hydrogen) atoms. The van der Waals surface area contributed by atoms with Gasteiger partial charge in [0.25, 0.3) is 0 Å². The van der Waals surface area contributed by atoms with Crippen molar-refractivity contribution < 1.29 is 17.9 Å². The van der Waals surface area contributed by atoms with E-state index in [0.717, 1.165) is 0 Å². The summed E-state index contributed by atoms with van der Waals surface area (Å²) in [6.45, 7) is 0. The average Bonchev–Trinajstić information content (AvgIpc) is 3.25. The van der Waals surface area contributed by atoms with Gasteiger partial charge in [-0.15, -0.1) is 18.3 Å². The van der Waals surface area contributed by atoms with Crippen LogP contribution in [0.5, 0.6) is 5.75 Å². The molecule has 0 amide bonds. The molecule has 1 N–H and O–H groups in total. The molecule has 0 fully saturated rings. The van der Waals surface area contributed by atoms with Gasteiger partial charge in [-0.3, -0.25) is 0 Å². The molecule has 0 aliphatic carbocycles. The number of aromatic nitrogens is 5. The minimum absolute atomic E-state index is 0.0646. The van der Waals surface area contributed by atoms with E-state index in [9.17, 15) is 13.2 Å². The van der Waals surface area contributed by atoms with Crippen LogP contribution in [0, 0.1) is 0 Å². The summed E-state index contributed by atoms with van der Waals surface area (Å²) < 4.78 is 44.4. The highest BCUT2D eigenvalue weighted by molar-refractivity contribution is 9.10. The minimum atomic E-state index is -4.76. The molecule has 4 aromatic rings. The van der Waals surface area contributed by atoms with Gasteiger partial charge < -0.3 is 14.6 Å². The van der Waals surface area contributed by atoms with Gasteiger partial charge >= 0.3 is 6.36 Å². The van der Waals surface area contributed by atoms with Crippen LogP contribution in [0.15, 0.2) is 53.5 Å². The molecule has 0 saturated carbocycles. The van der Waals surface area contributed by atoms with Crippen molar-refractivity contribution in [3.8, 4) is 11.4 Å². The number of nitrogens with one attached hydrogen (secondary N) is 1. The first-order valence-electron chi connectivity index (χ1n) is 7.66. The number of fused-ring (bicyclic) bond motifs is 1. The molecule has 7 nitrogen and oxygen atoms in total. The van der Waals surface area contributed by atoms with Crippen LogP contribution in [0.2, 0.25) is 5.28 Å². The van der Waals surface area contributed by atoms with Gasteiger partial charge in [-0.25, -0.2) is 9.50 Å². The van der Waals surface area contributed by atoms with Gasteiger partial charge in [-0.2, -0.15) is 4.98 Å². The maximum absolute atomic E-state index is 12.4. The highest BCUT2D eigenvalue weighted by Gasteiger charge is 2.32. The summed E-state index contributed by atoms with van der Waals surface area (Å²) in [4.78, 5) is 8.39. The molecule has 4 rings (SSSR count). The predicted molar refractivity (Wildman–Crippen MR) is 99.2 cm³/mol. The quantitative estimate of drug-likeness (QED) is 0.453. The van der Waals surface area contributed by atoms with Crippen LogP contribution in [0.4, 0.5) is 24.8 Å². The minimum Gasteiger partial charge on any atom is -0.405 e. The van der Waals surface area contributed by atoms with Gasteiger partial charge in [-0.1, -0.05) is 0 Å². The van der Waals surface area contributed by atoms with Crippen molar-refractivity contribution >= 4 is 44.7 Å². The van der Waals surface area contributed by atoms with E-state index in [-0.39, 0.29) is 15.5 Å². The van der Waals surface area contributed by atoms with Crippen LogP contribution in [-0.2, 0) is 0 Å². The Balaban J connectivity index is 1.59. The number of hydrogen-bond donors (Lipinski definition) is 1. The molecule has 0 radical (unpaired) electrons. The molecular formula is C16H9BrClF3N6O. The van der Waals surface area contributed by atoms with E-state index in [4.69, 9.17) is 11.6 Å². The molecule has 0 spiro atoms. The lowest BCUT2D eigenvalue weighted by Gasteiger charge is -2.11. The Bertz CT molecular complexity index is 1160. The number of nitrogens with zero attached hydrogens (tertiary/aromatic N) is 5. The number of alkyl halides is 3. The van der Waals surface area contributed by atoms with Gasteiger partial charge in [0, 0.05) is 11.9 Å². The van der Waals surface area contributed by atoms with E-state index >= 15 is 0 Å². The van der Waals surface area contributed by atoms with Crippen LogP contribution in [0.1, 0.15) is 0 Å². The molecule has 3 heterocycles. The largest absolute Gasteiger partial charge is 0.573 e. The van der Waals surface area contributed by atoms with Gasteiger partial charge in [-0.05, 0) is 57.9 Å². The summed E-state index contributed by atoms with van der Waals surface area (Å²) >= 11 is 9.00. The molecule has 3 aromatic heterocycles. The zero-order valence-corrected chi connectivity index (χ0v) is 16.0. The van der Waals surface area contributed by atoms with Crippen LogP contribution in [0.25, 0.3) is 11.2 Å². The lowest BCUT2D eigenvalue weighted by molar-refractivity contribution is -0.274. The average molecular weight is 474 g/mol. The number of benzene rings is 1. The van der Waals surface area contributed by atoms with E-state index in [1.807, 2.05) is 6.07 Å². The van der Waals surface area contributed by atoms with Gasteiger partial charge in [0.15, 0.2) is 5.82 Å². The maximum atomic E-state index is 12.4. The summed E-state index contributed by atoms with van der Waals surface area (Å²) in [5.41, 5.74) is 1.28. The van der Waals surface area contributed by atoms with Crippen LogP contribution in [0.3, 0.4) is 0 Å². The number of rotatable bonds is 4. The number of hydrogen-bond acceptors (Lipinski definition) is 5. The van der Waals surface area contributed by atoms with Crippen molar-refractivity contribution in [2.24, 2.45) is 0 Å². The van der Waals surface area contributed by atoms with E-state index < -0.39 is 6.36 Å². The third-order valence-electron chi connectivity index (χ3n) is 3.63. The standard InChI is InChI=1S/C16H9BrClF3N6O/c17-10-6-9(3-4-12(10)28-16(19,20)21)26-7-13(22-8-26)23-14-11-2-1-5-27(11)25-15(18)24-14/h1-8H,(H,23,24,25). The van der Waals surface area contributed by atoms with Crippen molar-refractivity contribution in [1.29, 1.82) is 0 Å². The topological polar surface area (TPSA) is 69.3 Å². The second kappa shape index (κ2) is 6.99. The summed E-state index contributed by atoms with van der Waals surface area (Å²) in [6, 6.07) is 7.79. The van der Waals surface area contributed by atoms with Gasteiger partial charge in [0.1, 0.15) is 23.4 Å². The Kier molecular flexibility index (Phi) is 4.63. The zero-order valence-electron chi connectivity index (χ0n) is 13.7. The first-order valence-corrected chi connectivity index (χ1v) is 8.83. The Labute approximate surface area is 168 Å². The first kappa shape index (κ1) is 18.6. The van der Waals surface area contributed by atoms with Crippen LogP contribution >= 0.6 is 27.5 Å². The number of halogens is 5. The molecule has 0 atom stereocenters. The zero-order chi connectivity index (χ0) is 19.9. The van der Waals surface area contributed by atoms with Crippen LogP contribution < -0.4 is 10.1 Å². The fourth-order valence-electron chi connectivity index (χ4n) is 2.51. The normalized spacial score (nSPS) is 11.8. The highest BCUT2D eigenvalue weighted by atomic mass is 79.9. The molecule has 12 heteroatoms. The second-order valence-corrected chi connectivity index (χ2v) is 6.71. The summed E-state index contributed by atoms with van der Waals surface area (Å²) in [5, 5.41) is 7.15. The lowest BCUT2D eigenvalue weighted by Crippen LogP contribution is -2.17. The third kappa shape index (κ3) is 3.90. The Hall–Kier alpha value is -2.79. The molecule has 144 valence electrons. The van der Waals surface area contributed by atoms with Crippen molar-refractivity contribution in [2.75, 3.05) is 5.32 Å². The number of ether oxygens (including phenoxy) is 1. The molecule has 0 bridgehead atoms. The van der Waals surface area contributed by atoms with Crippen molar-refractivity contribution in [3.05, 3.63) is 58.8 Å². The predicted octanol–water partition coefficient (Wildman–Crippen LogP) is 4.97. The molecule has 1 aromatic carbocycles. The number of imidazole rings is 1. The molecule has 0 saturated heterocycles. The summed E-state index contributed by atoms with van der Waals surface area (Å²) in [7, 11) is 0. The maximum Gasteiger partial charge on any atom is 0.573 e. The molecule has 0 unspecified atom stereocenters. The van der Waals surface area contributed by atoms with Crippen LogP contribution in [-0.4, -0.2) is 30.5 Å². The summed E-state index contributed by atoms with van der Waals surface area (Å²) in [5.74, 6) is 0.593. The fraction of sp³-hybridized carbons (Fsp3) is 0.0625. The van der Waals surface area contributed by atoms with E-state index in [1.165, 1.54) is 24.5 Å². The Morgan fingerprint density at radius 3 is 2.79 bits per heavy atom. The second-order valence-electron chi connectivity index (χ2n) is 5.52. The van der Waals surface area contributed by atoms with Gasteiger partial charge in [0.2, 0.25) is 5.28 Å². The van der Waals surface area contributed by atoms with Crippen molar-refractivity contribution in [1.82, 2.24) is 24.1 Å². The third-order valence-corrected chi connectivity index (χ3v) is 4.41. The SMILES string of the molecule is FC(F)(F)Oc1ccc(-n2cnc(Nc3nc(Cl)nn4cccc34)c2)cc1Br. The first-order chi connectivity index (χ1) is 13.3. The molecule has 0 aliphatic heterocycles. The van der Waals surface area contributed by atoms with Gasteiger partial charge in [0.05, 0.1) is 10.7 Å².